The molecule has 1 aromatic heterocycles. The van der Waals surface area contributed by atoms with Gasteiger partial charge in [0.15, 0.2) is 0 Å². The maximum Gasteiger partial charge on any atom is 0.0794 e. The topological polar surface area (TPSA) is 29.6 Å². The van der Waals surface area contributed by atoms with E-state index in [1.54, 1.807) is 0 Å². The van der Waals surface area contributed by atoms with Crippen LogP contribution in [0.25, 0.3) is 0 Å². The van der Waals surface area contributed by atoms with Gasteiger partial charge in [-0.3, -0.25) is 4.99 Å². The largest absolute Gasteiger partial charge is 0.251 e. The maximum atomic E-state index is 4.98. The highest BCUT2D eigenvalue weighted by Gasteiger charge is 2.14. The third-order valence-corrected chi connectivity index (χ3v) is 6.30. The van der Waals surface area contributed by atoms with Crippen LogP contribution in [0.15, 0.2) is 10.1 Å². The van der Waals surface area contributed by atoms with Crippen LogP contribution in [0.5, 0.6) is 0 Å². The van der Waals surface area contributed by atoms with Crippen molar-refractivity contribution in [3.8, 4) is 0 Å². The predicted octanol–water partition coefficient (Wildman–Crippen LogP) is 6.28. The quantitative estimate of drug-likeness (QED) is 0.582. The molecule has 0 spiro atoms. The van der Waals surface area contributed by atoms with Gasteiger partial charge in [-0.2, -0.15) is 5.10 Å². The van der Waals surface area contributed by atoms with Crippen molar-refractivity contribution < 1.29 is 0 Å². The van der Waals surface area contributed by atoms with E-state index in [-0.39, 0.29) is 0 Å². The summed E-state index contributed by atoms with van der Waals surface area (Å²) >= 11 is 0. The zero-order chi connectivity index (χ0) is 19.9. The first-order valence-electron chi connectivity index (χ1n) is 9.32. The lowest BCUT2D eigenvalue weighted by Gasteiger charge is -2.16. The van der Waals surface area contributed by atoms with Crippen LogP contribution in [0.4, 0.5) is 5.69 Å². The molecule has 0 saturated carbocycles. The molecule has 3 nitrogen and oxygen atoms in total. The van der Waals surface area contributed by atoms with E-state index in [9.17, 15) is 0 Å². The van der Waals surface area contributed by atoms with Gasteiger partial charge in [-0.1, -0.05) is 0 Å². The molecular formula is C23H33N3. The van der Waals surface area contributed by atoms with Gasteiger partial charge in [-0.05, 0) is 115 Å². The van der Waals surface area contributed by atoms with Crippen molar-refractivity contribution in [2.24, 2.45) is 10.1 Å². The smallest absolute Gasteiger partial charge is 0.0794 e. The van der Waals surface area contributed by atoms with Crippen molar-refractivity contribution in [1.29, 1.82) is 0 Å². The second-order valence-electron chi connectivity index (χ2n) is 7.59. The van der Waals surface area contributed by atoms with E-state index < -0.39 is 0 Å². The molecule has 0 saturated heterocycles. The van der Waals surface area contributed by atoms with Crippen LogP contribution < -0.4 is 0 Å². The van der Waals surface area contributed by atoms with Gasteiger partial charge in [0.1, 0.15) is 0 Å². The number of aromatic nitrogens is 1. The van der Waals surface area contributed by atoms with Crippen LogP contribution in [0.2, 0.25) is 0 Å². The Morgan fingerprint density at radius 1 is 0.538 bits per heavy atom. The first kappa shape index (κ1) is 20.2. The number of benzene rings is 1. The van der Waals surface area contributed by atoms with Gasteiger partial charge in [0, 0.05) is 11.4 Å². The van der Waals surface area contributed by atoms with E-state index in [0.29, 0.717) is 0 Å². The first-order valence-corrected chi connectivity index (χ1v) is 9.32. The van der Waals surface area contributed by atoms with Crippen molar-refractivity contribution in [2.45, 2.75) is 76.2 Å². The van der Waals surface area contributed by atoms with Crippen molar-refractivity contribution in [3.63, 3.8) is 0 Å². The number of aliphatic imine (C=N–C) groups is 1. The summed E-state index contributed by atoms with van der Waals surface area (Å²) in [5.74, 6) is 0. The molecule has 0 bridgehead atoms. The van der Waals surface area contributed by atoms with Gasteiger partial charge in [0.2, 0.25) is 0 Å². The second kappa shape index (κ2) is 7.22. The van der Waals surface area contributed by atoms with Crippen LogP contribution in [-0.4, -0.2) is 16.1 Å². The highest BCUT2D eigenvalue weighted by molar-refractivity contribution is 6.41. The van der Waals surface area contributed by atoms with Crippen molar-refractivity contribution in [2.75, 3.05) is 0 Å². The van der Waals surface area contributed by atoms with E-state index in [4.69, 9.17) is 10.1 Å². The standard InChI is InChI=1S/C23H33N3/c1-12-13(2)17(6)23(18(7)14(12)3)24-19(8)20(9)25-26-21(10)15(4)16(5)22(26)11/h1-11H3/b24-19?,25-20-. The molecule has 0 radical (unpaired) electrons. The van der Waals surface area contributed by atoms with Gasteiger partial charge >= 0.3 is 0 Å². The van der Waals surface area contributed by atoms with Gasteiger partial charge < -0.3 is 0 Å². The number of rotatable bonds is 3. The summed E-state index contributed by atoms with van der Waals surface area (Å²) in [7, 11) is 0. The van der Waals surface area contributed by atoms with Crippen LogP contribution in [0.3, 0.4) is 0 Å². The Bertz CT molecular complexity index is 883. The summed E-state index contributed by atoms with van der Waals surface area (Å²) in [5.41, 5.74) is 14.6. The lowest BCUT2D eigenvalue weighted by Crippen LogP contribution is -2.10. The summed E-state index contributed by atoms with van der Waals surface area (Å²) in [4.78, 5) is 4.98. The van der Waals surface area contributed by atoms with E-state index >= 15 is 0 Å². The monoisotopic (exact) mass is 351 g/mol. The van der Waals surface area contributed by atoms with E-state index in [1.807, 2.05) is 11.6 Å². The lowest BCUT2D eigenvalue weighted by molar-refractivity contribution is 0.809. The molecule has 0 N–H and O–H groups in total. The molecule has 0 aliphatic carbocycles. The van der Waals surface area contributed by atoms with Crippen LogP contribution in [0, 0.1) is 62.3 Å². The first-order chi connectivity index (χ1) is 12.0. The minimum Gasteiger partial charge on any atom is -0.251 e. The number of hydrogen-bond donors (Lipinski definition) is 0. The summed E-state index contributed by atoms with van der Waals surface area (Å²) in [5, 5.41) is 4.86. The van der Waals surface area contributed by atoms with Crippen LogP contribution in [0.1, 0.15) is 64.2 Å². The fourth-order valence-corrected chi connectivity index (χ4v) is 3.38. The fourth-order valence-electron chi connectivity index (χ4n) is 3.38. The summed E-state index contributed by atoms with van der Waals surface area (Å²) < 4.78 is 2.05. The minimum absolute atomic E-state index is 0.945. The van der Waals surface area contributed by atoms with Crippen molar-refractivity contribution >= 4 is 17.1 Å². The van der Waals surface area contributed by atoms with E-state index in [1.165, 1.54) is 50.3 Å². The molecule has 2 rings (SSSR count). The van der Waals surface area contributed by atoms with Gasteiger partial charge in [0.25, 0.3) is 0 Å². The molecule has 1 aromatic carbocycles. The molecule has 0 unspecified atom stereocenters. The van der Waals surface area contributed by atoms with Gasteiger partial charge in [-0.15, -0.1) is 0 Å². The molecule has 3 heteroatoms. The Kier molecular flexibility index (Phi) is 5.60. The fraction of sp³-hybridized carbons (Fsp3) is 0.478. The Labute approximate surface area is 158 Å². The van der Waals surface area contributed by atoms with Crippen molar-refractivity contribution in [1.82, 2.24) is 4.68 Å². The summed E-state index contributed by atoms with van der Waals surface area (Å²) in [6.45, 7) is 23.6. The third kappa shape index (κ3) is 3.27. The molecule has 0 amide bonds. The average molecular weight is 352 g/mol. The number of nitrogens with zero attached hydrogens (tertiary/aromatic N) is 3. The zero-order valence-corrected chi connectivity index (χ0v) is 18.3. The Morgan fingerprint density at radius 3 is 1.35 bits per heavy atom. The van der Waals surface area contributed by atoms with Crippen LogP contribution in [-0.2, 0) is 0 Å². The average Bonchev–Trinajstić information content (AvgIpc) is 2.79. The molecular weight excluding hydrogens is 318 g/mol. The molecule has 2 aromatic rings. The highest BCUT2D eigenvalue weighted by Crippen LogP contribution is 2.32. The van der Waals surface area contributed by atoms with Gasteiger partial charge in [0.05, 0.1) is 17.1 Å². The molecule has 140 valence electrons. The van der Waals surface area contributed by atoms with E-state index in [2.05, 4.69) is 69.2 Å². The summed E-state index contributed by atoms with van der Waals surface area (Å²) in [6, 6.07) is 0. The SMILES string of the molecule is CC(=Nc1c(C)c(C)c(C)c(C)c1C)/C(C)=N\n1c(C)c(C)c(C)c1C. The predicted molar refractivity (Wildman–Crippen MR) is 115 cm³/mol. The molecule has 0 aliphatic heterocycles. The highest BCUT2D eigenvalue weighted by atomic mass is 15.4. The Hall–Kier alpha value is -2.16. The molecule has 0 fully saturated rings. The maximum absolute atomic E-state index is 4.98. The number of hydrogen-bond acceptors (Lipinski definition) is 2. The molecule has 0 atom stereocenters. The van der Waals surface area contributed by atoms with Crippen LogP contribution >= 0.6 is 0 Å². The Balaban J connectivity index is 2.57. The summed E-state index contributed by atoms with van der Waals surface area (Å²) in [6.07, 6.45) is 0. The molecule has 0 aliphatic rings. The molecule has 1 heterocycles. The third-order valence-electron chi connectivity index (χ3n) is 6.30. The lowest BCUT2D eigenvalue weighted by atomic mass is 9.93. The van der Waals surface area contributed by atoms with Crippen molar-refractivity contribution in [3.05, 3.63) is 50.3 Å². The molecule has 26 heavy (non-hydrogen) atoms. The zero-order valence-electron chi connectivity index (χ0n) is 18.3. The second-order valence-corrected chi connectivity index (χ2v) is 7.59. The normalized spacial score (nSPS) is 12.9. The van der Waals surface area contributed by atoms with E-state index in [0.717, 1.165) is 17.1 Å². The minimum atomic E-state index is 0.945. The Morgan fingerprint density at radius 2 is 0.923 bits per heavy atom. The van der Waals surface area contributed by atoms with Gasteiger partial charge in [-0.25, -0.2) is 4.68 Å².